The summed E-state index contributed by atoms with van der Waals surface area (Å²) in [6.45, 7) is 2.16. The molecule has 0 saturated heterocycles. The maximum absolute atomic E-state index is 3.31. The molecule has 2 aliphatic rings. The van der Waals surface area contributed by atoms with Gasteiger partial charge in [-0.15, -0.1) is 0 Å². The maximum Gasteiger partial charge on any atom is 0.0207 e. The van der Waals surface area contributed by atoms with E-state index in [1.165, 1.54) is 12.8 Å². The Morgan fingerprint density at radius 3 is 2.78 bits per heavy atom. The molecule has 1 aliphatic carbocycles. The second-order valence-electron chi connectivity index (χ2n) is 2.66. The largest absolute Gasteiger partial charge is 0.309 e. The Kier molecular flexibility index (Phi) is 1.16. The van der Waals surface area contributed by atoms with Crippen molar-refractivity contribution in [3.05, 3.63) is 23.3 Å². The van der Waals surface area contributed by atoms with Gasteiger partial charge in [0.1, 0.15) is 0 Å². The third-order valence-corrected chi connectivity index (χ3v) is 1.85. The number of rotatable bonds is 0. The van der Waals surface area contributed by atoms with Crippen LogP contribution in [0.2, 0.25) is 0 Å². The van der Waals surface area contributed by atoms with Crippen LogP contribution >= 0.6 is 0 Å². The van der Waals surface area contributed by atoms with Crippen LogP contribution in [-0.4, -0.2) is 13.1 Å². The predicted molar refractivity (Wildman–Crippen MR) is 38.3 cm³/mol. The molecule has 0 aromatic carbocycles. The summed E-state index contributed by atoms with van der Waals surface area (Å²) in [6.07, 6.45) is 7.16. The van der Waals surface area contributed by atoms with Gasteiger partial charge in [0.05, 0.1) is 0 Å². The SMILES string of the molecule is C1=CC(=C2CC2)CNC1. The van der Waals surface area contributed by atoms with Gasteiger partial charge in [-0.2, -0.15) is 0 Å². The molecule has 1 heterocycles. The monoisotopic (exact) mass is 121 g/mol. The molecular weight excluding hydrogens is 110 g/mol. The molecule has 0 aromatic rings. The summed E-state index contributed by atoms with van der Waals surface area (Å²) in [5.74, 6) is 0. The fraction of sp³-hybridized carbons (Fsp3) is 0.500. The molecule has 0 spiro atoms. The molecule has 1 nitrogen and oxygen atoms in total. The highest BCUT2D eigenvalue weighted by atomic mass is 14.9. The first-order chi connectivity index (χ1) is 4.47. The molecule has 1 fully saturated rings. The Morgan fingerprint density at radius 2 is 2.22 bits per heavy atom. The average molecular weight is 121 g/mol. The number of nitrogens with one attached hydrogen (secondary N) is 1. The molecule has 1 heteroatoms. The summed E-state index contributed by atoms with van der Waals surface area (Å²) < 4.78 is 0. The smallest absolute Gasteiger partial charge is 0.0207 e. The molecule has 0 atom stereocenters. The number of hydrogen-bond acceptors (Lipinski definition) is 1. The third kappa shape index (κ3) is 1.06. The standard InChI is InChI=1S/C8H11N/c1-2-8(6-9-5-1)7-3-4-7/h1-2,9H,3-6H2. The summed E-state index contributed by atoms with van der Waals surface area (Å²) in [4.78, 5) is 0. The zero-order valence-electron chi connectivity index (χ0n) is 5.48. The van der Waals surface area contributed by atoms with Gasteiger partial charge in [0.25, 0.3) is 0 Å². The van der Waals surface area contributed by atoms with Gasteiger partial charge in [-0.3, -0.25) is 0 Å². The van der Waals surface area contributed by atoms with Crippen LogP contribution in [-0.2, 0) is 0 Å². The van der Waals surface area contributed by atoms with Crippen LogP contribution < -0.4 is 5.32 Å². The third-order valence-electron chi connectivity index (χ3n) is 1.85. The first kappa shape index (κ1) is 5.24. The summed E-state index contributed by atoms with van der Waals surface area (Å²) in [5.41, 5.74) is 3.21. The number of hydrogen-bond donors (Lipinski definition) is 1. The second-order valence-corrected chi connectivity index (χ2v) is 2.66. The minimum atomic E-state index is 1.05. The van der Waals surface area contributed by atoms with Gasteiger partial charge in [0.2, 0.25) is 0 Å². The summed E-state index contributed by atoms with van der Waals surface area (Å²) in [5, 5.41) is 3.31. The number of allylic oxidation sites excluding steroid dienone is 1. The molecule has 0 radical (unpaired) electrons. The van der Waals surface area contributed by atoms with Crippen molar-refractivity contribution in [1.29, 1.82) is 0 Å². The van der Waals surface area contributed by atoms with Crippen LogP contribution in [0.1, 0.15) is 12.8 Å². The molecule has 0 aromatic heterocycles. The molecule has 0 unspecified atom stereocenters. The Morgan fingerprint density at radius 1 is 1.33 bits per heavy atom. The molecule has 0 bridgehead atoms. The van der Waals surface area contributed by atoms with Crippen LogP contribution in [0.4, 0.5) is 0 Å². The van der Waals surface area contributed by atoms with E-state index in [0.29, 0.717) is 0 Å². The predicted octanol–water partition coefficient (Wildman–Crippen LogP) is 1.24. The topological polar surface area (TPSA) is 12.0 Å². The van der Waals surface area contributed by atoms with Crippen molar-refractivity contribution in [3.8, 4) is 0 Å². The van der Waals surface area contributed by atoms with Gasteiger partial charge in [0, 0.05) is 13.1 Å². The molecule has 0 amide bonds. The van der Waals surface area contributed by atoms with E-state index in [1.54, 1.807) is 11.1 Å². The van der Waals surface area contributed by atoms with E-state index in [9.17, 15) is 0 Å². The van der Waals surface area contributed by atoms with Gasteiger partial charge in [-0.25, -0.2) is 0 Å². The zero-order chi connectivity index (χ0) is 6.10. The lowest BCUT2D eigenvalue weighted by molar-refractivity contribution is 0.802. The minimum absolute atomic E-state index is 1.05. The summed E-state index contributed by atoms with van der Waals surface area (Å²) in [7, 11) is 0. The molecule has 2 rings (SSSR count). The van der Waals surface area contributed by atoms with Crippen LogP contribution in [0, 0.1) is 0 Å². The zero-order valence-corrected chi connectivity index (χ0v) is 5.48. The lowest BCUT2D eigenvalue weighted by Gasteiger charge is -2.07. The van der Waals surface area contributed by atoms with Crippen LogP contribution in [0.15, 0.2) is 23.3 Å². The Balaban J connectivity index is 2.19. The molecule has 48 valence electrons. The van der Waals surface area contributed by atoms with Crippen LogP contribution in [0.3, 0.4) is 0 Å². The van der Waals surface area contributed by atoms with Crippen LogP contribution in [0.25, 0.3) is 0 Å². The molecular formula is C8H11N. The minimum Gasteiger partial charge on any atom is -0.309 e. The fourth-order valence-electron chi connectivity index (χ4n) is 1.18. The van der Waals surface area contributed by atoms with Crippen molar-refractivity contribution < 1.29 is 0 Å². The lowest BCUT2D eigenvalue weighted by atomic mass is 10.2. The van der Waals surface area contributed by atoms with Crippen LogP contribution in [0.5, 0.6) is 0 Å². The average Bonchev–Trinajstić information content (AvgIpc) is 2.71. The summed E-state index contributed by atoms with van der Waals surface area (Å²) in [6, 6.07) is 0. The molecule has 1 aliphatic heterocycles. The molecule has 1 saturated carbocycles. The van der Waals surface area contributed by atoms with E-state index in [1.807, 2.05) is 0 Å². The van der Waals surface area contributed by atoms with E-state index in [4.69, 9.17) is 0 Å². The van der Waals surface area contributed by atoms with Crippen molar-refractivity contribution in [2.75, 3.05) is 13.1 Å². The van der Waals surface area contributed by atoms with Gasteiger partial charge < -0.3 is 5.32 Å². The Hall–Kier alpha value is -0.560. The van der Waals surface area contributed by atoms with Crippen molar-refractivity contribution in [2.45, 2.75) is 12.8 Å². The van der Waals surface area contributed by atoms with E-state index in [0.717, 1.165) is 13.1 Å². The molecule has 1 N–H and O–H groups in total. The highest BCUT2D eigenvalue weighted by molar-refractivity contribution is 5.35. The van der Waals surface area contributed by atoms with Crippen molar-refractivity contribution in [3.63, 3.8) is 0 Å². The highest BCUT2D eigenvalue weighted by Crippen LogP contribution is 2.32. The van der Waals surface area contributed by atoms with E-state index >= 15 is 0 Å². The van der Waals surface area contributed by atoms with Crippen molar-refractivity contribution in [2.24, 2.45) is 0 Å². The summed E-state index contributed by atoms with van der Waals surface area (Å²) >= 11 is 0. The van der Waals surface area contributed by atoms with Gasteiger partial charge in [-0.05, 0) is 18.4 Å². The van der Waals surface area contributed by atoms with Gasteiger partial charge in [-0.1, -0.05) is 17.7 Å². The normalized spacial score (nSPS) is 24.9. The Bertz CT molecular complexity index is 171. The highest BCUT2D eigenvalue weighted by Gasteiger charge is 2.15. The van der Waals surface area contributed by atoms with E-state index in [2.05, 4.69) is 17.5 Å². The maximum atomic E-state index is 3.31. The quantitative estimate of drug-likeness (QED) is 0.508. The molecule has 9 heavy (non-hydrogen) atoms. The first-order valence-corrected chi connectivity index (χ1v) is 3.55. The first-order valence-electron chi connectivity index (χ1n) is 3.55. The lowest BCUT2D eigenvalue weighted by Crippen LogP contribution is -2.19. The van der Waals surface area contributed by atoms with Crippen molar-refractivity contribution in [1.82, 2.24) is 5.32 Å². The van der Waals surface area contributed by atoms with Gasteiger partial charge >= 0.3 is 0 Å². The second kappa shape index (κ2) is 1.99. The van der Waals surface area contributed by atoms with Crippen molar-refractivity contribution >= 4 is 0 Å². The van der Waals surface area contributed by atoms with E-state index < -0.39 is 0 Å². The fourth-order valence-corrected chi connectivity index (χ4v) is 1.18. The Labute approximate surface area is 55.5 Å². The van der Waals surface area contributed by atoms with Gasteiger partial charge in [0.15, 0.2) is 0 Å². The van der Waals surface area contributed by atoms with E-state index in [-0.39, 0.29) is 0 Å².